The van der Waals surface area contributed by atoms with Gasteiger partial charge in [-0.15, -0.1) is 0 Å². The van der Waals surface area contributed by atoms with Crippen molar-refractivity contribution in [3.05, 3.63) is 65.4 Å². The molecule has 5 nitrogen and oxygen atoms in total. The number of hydrogen-bond acceptors (Lipinski definition) is 5. The van der Waals surface area contributed by atoms with Crippen LogP contribution in [0.15, 0.2) is 52.9 Å². The average molecular weight is 340 g/mol. The zero-order valence-electron chi connectivity index (χ0n) is 14.3. The lowest BCUT2D eigenvalue weighted by Gasteiger charge is -2.08. The summed E-state index contributed by atoms with van der Waals surface area (Å²) in [6, 6.07) is 15.2. The molecule has 0 amide bonds. The van der Waals surface area contributed by atoms with E-state index in [1.54, 1.807) is 7.11 Å². The minimum Gasteiger partial charge on any atom is -0.490 e. The number of carbonyl (C=O) groups excluding carboxylic acids is 1. The molecule has 1 heterocycles. The number of carbonyl (C=O) groups is 1. The molecule has 0 bridgehead atoms. The third-order valence-corrected chi connectivity index (χ3v) is 3.75. The largest absolute Gasteiger partial charge is 0.490 e. The van der Waals surface area contributed by atoms with Crippen molar-refractivity contribution < 1.29 is 23.4 Å². The Kier molecular flexibility index (Phi) is 5.36. The molecule has 0 aliphatic rings. The average Bonchev–Trinajstić information content (AvgIpc) is 2.98. The molecule has 0 aliphatic heterocycles. The first-order chi connectivity index (χ1) is 12.2. The highest BCUT2D eigenvalue weighted by molar-refractivity contribution is 5.96. The first-order valence-electron chi connectivity index (χ1n) is 8.05. The smallest absolute Gasteiger partial charge is 0.374 e. The number of hydrogen-bond donors (Lipinski definition) is 0. The maximum Gasteiger partial charge on any atom is 0.374 e. The van der Waals surface area contributed by atoms with Crippen molar-refractivity contribution in [3.63, 3.8) is 0 Å². The molecule has 0 fully saturated rings. The summed E-state index contributed by atoms with van der Waals surface area (Å²) in [5.74, 6) is 0.412. The van der Waals surface area contributed by atoms with Gasteiger partial charge in [-0.3, -0.25) is 0 Å². The van der Waals surface area contributed by atoms with Gasteiger partial charge in [0, 0.05) is 18.1 Å². The lowest BCUT2D eigenvalue weighted by molar-refractivity contribution is 0.0411. The fraction of sp³-hybridized carbons (Fsp3) is 0.250. The molecule has 0 aliphatic carbocycles. The van der Waals surface area contributed by atoms with Crippen LogP contribution in [0, 0.1) is 6.92 Å². The van der Waals surface area contributed by atoms with Crippen molar-refractivity contribution in [2.75, 3.05) is 20.3 Å². The molecule has 130 valence electrons. The highest BCUT2D eigenvalue weighted by Crippen LogP contribution is 2.27. The Bertz CT molecular complexity index is 865. The normalized spacial score (nSPS) is 10.8. The highest BCUT2D eigenvalue weighted by Gasteiger charge is 2.21. The molecule has 0 saturated carbocycles. The fourth-order valence-electron chi connectivity index (χ4n) is 2.62. The van der Waals surface area contributed by atoms with Crippen LogP contribution in [0.1, 0.15) is 21.7 Å². The van der Waals surface area contributed by atoms with Gasteiger partial charge in [0.15, 0.2) is 0 Å². The highest BCUT2D eigenvalue weighted by atomic mass is 16.6. The molecule has 0 radical (unpaired) electrons. The van der Waals surface area contributed by atoms with E-state index in [9.17, 15) is 4.79 Å². The van der Waals surface area contributed by atoms with E-state index < -0.39 is 5.97 Å². The fourth-order valence-corrected chi connectivity index (χ4v) is 2.62. The summed E-state index contributed by atoms with van der Waals surface area (Å²) in [4.78, 5) is 12.3. The van der Waals surface area contributed by atoms with Crippen LogP contribution >= 0.6 is 0 Å². The van der Waals surface area contributed by atoms with Gasteiger partial charge < -0.3 is 18.6 Å². The summed E-state index contributed by atoms with van der Waals surface area (Å²) in [6.07, 6.45) is 0. The third-order valence-electron chi connectivity index (χ3n) is 3.75. The van der Waals surface area contributed by atoms with Crippen molar-refractivity contribution in [1.82, 2.24) is 0 Å². The maximum absolute atomic E-state index is 12.3. The lowest BCUT2D eigenvalue weighted by Crippen LogP contribution is -2.13. The number of para-hydroxylation sites is 1. The number of methoxy groups -OCH3 is 1. The van der Waals surface area contributed by atoms with Crippen LogP contribution in [-0.2, 0) is 16.1 Å². The molecule has 25 heavy (non-hydrogen) atoms. The number of rotatable bonds is 7. The molecule has 5 heteroatoms. The van der Waals surface area contributed by atoms with Crippen LogP contribution in [0.3, 0.4) is 0 Å². The standard InChI is InChI=1S/C20H20O5/c1-14-6-5-7-15(12-14)23-10-11-24-20(21)19-17(13-22-2)16-8-3-4-9-18(16)25-19/h3-9,12H,10-11,13H2,1-2H3. The van der Waals surface area contributed by atoms with Crippen molar-refractivity contribution in [2.24, 2.45) is 0 Å². The van der Waals surface area contributed by atoms with Crippen molar-refractivity contribution in [1.29, 1.82) is 0 Å². The van der Waals surface area contributed by atoms with Crippen LogP contribution in [0.25, 0.3) is 11.0 Å². The predicted molar refractivity (Wildman–Crippen MR) is 93.9 cm³/mol. The Balaban J connectivity index is 1.63. The van der Waals surface area contributed by atoms with Crippen LogP contribution in [0.4, 0.5) is 0 Å². The SMILES string of the molecule is COCc1c(C(=O)OCCOc2cccc(C)c2)oc2ccccc12. The third kappa shape index (κ3) is 4.00. The van der Waals surface area contributed by atoms with Gasteiger partial charge in [-0.2, -0.15) is 0 Å². The molecule has 3 rings (SSSR count). The molecule has 2 aromatic carbocycles. The van der Waals surface area contributed by atoms with Crippen LogP contribution < -0.4 is 4.74 Å². The molecule has 0 spiro atoms. The lowest BCUT2D eigenvalue weighted by atomic mass is 10.1. The second kappa shape index (κ2) is 7.85. The number of esters is 1. The zero-order chi connectivity index (χ0) is 17.6. The first-order valence-corrected chi connectivity index (χ1v) is 8.05. The van der Waals surface area contributed by atoms with Gasteiger partial charge in [-0.05, 0) is 30.7 Å². The summed E-state index contributed by atoms with van der Waals surface area (Å²) in [5, 5.41) is 0.854. The van der Waals surface area contributed by atoms with Crippen molar-refractivity contribution in [3.8, 4) is 5.75 Å². The minimum atomic E-state index is -0.518. The van der Waals surface area contributed by atoms with Gasteiger partial charge in [-0.25, -0.2) is 4.79 Å². The summed E-state index contributed by atoms with van der Waals surface area (Å²) in [5.41, 5.74) is 2.45. The predicted octanol–water partition coefficient (Wildman–Crippen LogP) is 4.12. The van der Waals surface area contributed by atoms with E-state index in [0.717, 1.165) is 16.7 Å². The quantitative estimate of drug-likeness (QED) is 0.478. The number of ether oxygens (including phenoxy) is 3. The topological polar surface area (TPSA) is 57.9 Å². The first kappa shape index (κ1) is 17.0. The molecule has 0 unspecified atom stereocenters. The van der Waals surface area contributed by atoms with Gasteiger partial charge in [0.2, 0.25) is 5.76 Å². The van der Waals surface area contributed by atoms with E-state index >= 15 is 0 Å². The molecular formula is C20H20O5. The number of benzene rings is 2. The zero-order valence-corrected chi connectivity index (χ0v) is 14.3. The van der Waals surface area contributed by atoms with E-state index in [1.165, 1.54) is 0 Å². The van der Waals surface area contributed by atoms with E-state index in [-0.39, 0.29) is 25.6 Å². The van der Waals surface area contributed by atoms with Gasteiger partial charge in [-0.1, -0.05) is 30.3 Å². The Labute approximate surface area is 146 Å². The van der Waals surface area contributed by atoms with E-state index in [0.29, 0.717) is 11.1 Å². The van der Waals surface area contributed by atoms with Crippen LogP contribution in [0.5, 0.6) is 5.75 Å². The van der Waals surface area contributed by atoms with Gasteiger partial charge >= 0.3 is 5.97 Å². The Hall–Kier alpha value is -2.79. The van der Waals surface area contributed by atoms with Crippen molar-refractivity contribution in [2.45, 2.75) is 13.5 Å². The summed E-state index contributed by atoms with van der Waals surface area (Å²) in [7, 11) is 1.58. The summed E-state index contributed by atoms with van der Waals surface area (Å²) < 4.78 is 21.7. The van der Waals surface area contributed by atoms with Crippen LogP contribution in [-0.4, -0.2) is 26.3 Å². The molecule has 3 aromatic rings. The van der Waals surface area contributed by atoms with Crippen LogP contribution in [0.2, 0.25) is 0 Å². The monoisotopic (exact) mass is 340 g/mol. The number of furan rings is 1. The summed E-state index contributed by atoms with van der Waals surface area (Å²) in [6.45, 7) is 2.68. The second-order valence-electron chi connectivity index (χ2n) is 5.64. The summed E-state index contributed by atoms with van der Waals surface area (Å²) >= 11 is 0. The molecule has 0 N–H and O–H groups in total. The Morgan fingerprint density at radius 1 is 1.08 bits per heavy atom. The van der Waals surface area contributed by atoms with E-state index in [1.807, 2.05) is 55.5 Å². The Morgan fingerprint density at radius 3 is 2.72 bits per heavy atom. The van der Waals surface area contributed by atoms with Gasteiger partial charge in [0.05, 0.1) is 6.61 Å². The van der Waals surface area contributed by atoms with Gasteiger partial charge in [0.1, 0.15) is 24.5 Å². The number of fused-ring (bicyclic) bond motifs is 1. The van der Waals surface area contributed by atoms with Gasteiger partial charge in [0.25, 0.3) is 0 Å². The van der Waals surface area contributed by atoms with E-state index in [4.69, 9.17) is 18.6 Å². The maximum atomic E-state index is 12.3. The minimum absolute atomic E-state index is 0.135. The molecule has 0 atom stereocenters. The second-order valence-corrected chi connectivity index (χ2v) is 5.64. The Morgan fingerprint density at radius 2 is 1.92 bits per heavy atom. The molecular weight excluding hydrogens is 320 g/mol. The number of aryl methyl sites for hydroxylation is 1. The molecule has 1 aromatic heterocycles. The van der Waals surface area contributed by atoms with E-state index in [2.05, 4.69) is 0 Å². The molecule has 0 saturated heterocycles. The van der Waals surface area contributed by atoms with Crippen molar-refractivity contribution >= 4 is 16.9 Å².